The molecule has 0 aliphatic carbocycles. The third kappa shape index (κ3) is 4.99. The monoisotopic (exact) mass is 316 g/mol. The molecule has 1 saturated heterocycles. The number of carboxylic acids is 1. The van der Waals surface area contributed by atoms with Crippen LogP contribution in [-0.2, 0) is 28.7 Å². The number of amides is 1. The molecule has 124 valence electrons. The fourth-order valence-corrected chi connectivity index (χ4v) is 2.23. The Morgan fingerprint density at radius 2 is 1.86 bits per heavy atom. The number of esters is 2. The number of carbonyl (C=O) groups excluding carboxylic acids is 3. The van der Waals surface area contributed by atoms with Crippen LogP contribution in [0.5, 0.6) is 0 Å². The first-order valence-electron chi connectivity index (χ1n) is 6.83. The predicted molar refractivity (Wildman–Crippen MR) is 72.8 cm³/mol. The molecule has 1 aliphatic rings. The van der Waals surface area contributed by atoms with Crippen LogP contribution in [0.2, 0.25) is 0 Å². The smallest absolute Gasteiger partial charge is 0.330 e. The van der Waals surface area contributed by atoms with Crippen LogP contribution in [-0.4, -0.2) is 59.8 Å². The zero-order chi connectivity index (χ0) is 16.9. The van der Waals surface area contributed by atoms with Crippen LogP contribution >= 0.6 is 0 Å². The number of carboxylic acid groups (broad SMARTS) is 1. The van der Waals surface area contributed by atoms with Crippen molar-refractivity contribution in [1.29, 1.82) is 0 Å². The molecule has 0 unspecified atom stereocenters. The van der Waals surface area contributed by atoms with E-state index in [9.17, 15) is 19.2 Å². The number of aliphatic carboxylic acids is 1. The van der Waals surface area contributed by atoms with Gasteiger partial charge in [-0.05, 0) is 19.9 Å². The summed E-state index contributed by atoms with van der Waals surface area (Å²) in [6.45, 7) is 4.21. The Labute approximate surface area is 127 Å². The molecule has 0 spiro atoms. The number of ether oxygens (including phenoxy) is 2. The van der Waals surface area contributed by atoms with Gasteiger partial charge in [0.2, 0.25) is 5.91 Å². The number of carbonyl (C=O) groups is 4. The third-order valence-corrected chi connectivity index (χ3v) is 3.15. The van der Waals surface area contributed by atoms with Gasteiger partial charge >= 0.3 is 17.9 Å². The highest BCUT2D eigenvalue weighted by Crippen LogP contribution is 2.13. The van der Waals surface area contributed by atoms with E-state index in [1.54, 1.807) is 0 Å². The Balaban J connectivity index is 2.72. The molecule has 22 heavy (non-hydrogen) atoms. The van der Waals surface area contributed by atoms with Gasteiger partial charge in [0.15, 0.2) is 6.04 Å². The average molecular weight is 316 g/mol. The van der Waals surface area contributed by atoms with Crippen molar-refractivity contribution >= 4 is 23.8 Å². The summed E-state index contributed by atoms with van der Waals surface area (Å²) >= 11 is 0. The lowest BCUT2D eigenvalue weighted by atomic mass is 10.1. The lowest BCUT2D eigenvalue weighted by Crippen LogP contribution is -2.55. The van der Waals surface area contributed by atoms with Gasteiger partial charge in [0.05, 0.1) is 0 Å². The van der Waals surface area contributed by atoms with Crippen molar-refractivity contribution in [2.24, 2.45) is 0 Å². The summed E-state index contributed by atoms with van der Waals surface area (Å²) in [6, 6.07) is -2.23. The molecular formula is C13H20N2O7. The Morgan fingerprint density at radius 3 is 2.36 bits per heavy atom. The number of rotatable bonds is 6. The van der Waals surface area contributed by atoms with Crippen LogP contribution in [0.4, 0.5) is 0 Å². The second kappa shape index (κ2) is 7.74. The molecule has 1 fully saturated rings. The molecule has 0 aromatic carbocycles. The van der Waals surface area contributed by atoms with Gasteiger partial charge in [-0.25, -0.2) is 4.79 Å². The summed E-state index contributed by atoms with van der Waals surface area (Å²) in [6.07, 6.45) is -1.24. The molecular weight excluding hydrogens is 296 g/mol. The fraction of sp³-hybridized carbons (Fsp3) is 0.692. The van der Waals surface area contributed by atoms with Crippen molar-refractivity contribution < 1.29 is 33.8 Å². The molecule has 1 amide bonds. The van der Waals surface area contributed by atoms with Crippen LogP contribution < -0.4 is 10.6 Å². The van der Waals surface area contributed by atoms with Crippen molar-refractivity contribution in [1.82, 2.24) is 10.6 Å². The maximum atomic E-state index is 12.2. The lowest BCUT2D eigenvalue weighted by molar-refractivity contribution is -0.156. The number of nitrogens with one attached hydrogen (secondary N) is 2. The lowest BCUT2D eigenvalue weighted by Gasteiger charge is -2.24. The molecule has 0 aromatic rings. The van der Waals surface area contributed by atoms with Gasteiger partial charge in [-0.2, -0.15) is 0 Å². The van der Waals surface area contributed by atoms with Gasteiger partial charge in [0.25, 0.3) is 0 Å². The van der Waals surface area contributed by atoms with E-state index in [-0.39, 0.29) is 0 Å². The van der Waals surface area contributed by atoms with Gasteiger partial charge in [-0.1, -0.05) is 0 Å². The minimum Gasteiger partial charge on any atom is -0.480 e. The van der Waals surface area contributed by atoms with Gasteiger partial charge in [0, 0.05) is 13.8 Å². The highest BCUT2D eigenvalue weighted by atomic mass is 16.5. The molecule has 4 atom stereocenters. The van der Waals surface area contributed by atoms with Crippen LogP contribution in [0.15, 0.2) is 0 Å². The van der Waals surface area contributed by atoms with Crippen molar-refractivity contribution in [3.63, 3.8) is 0 Å². The molecule has 9 heteroatoms. The zero-order valence-corrected chi connectivity index (χ0v) is 12.6. The van der Waals surface area contributed by atoms with Gasteiger partial charge < -0.3 is 25.2 Å². The highest BCUT2D eigenvalue weighted by Gasteiger charge is 2.38. The van der Waals surface area contributed by atoms with Gasteiger partial charge in [0.1, 0.15) is 18.2 Å². The Hall–Kier alpha value is -2.16. The molecule has 1 rings (SSSR count). The normalized spacial score (nSPS) is 23.2. The minimum absolute atomic E-state index is 0.453. The van der Waals surface area contributed by atoms with E-state index in [4.69, 9.17) is 14.6 Å². The first kappa shape index (κ1) is 17.9. The molecule has 9 nitrogen and oxygen atoms in total. The van der Waals surface area contributed by atoms with Crippen molar-refractivity contribution in [2.45, 2.75) is 51.5 Å². The van der Waals surface area contributed by atoms with E-state index in [2.05, 4.69) is 10.6 Å². The summed E-state index contributed by atoms with van der Waals surface area (Å²) in [7, 11) is 0. The molecule has 0 radical (unpaired) electrons. The molecule has 3 N–H and O–H groups in total. The Morgan fingerprint density at radius 1 is 1.23 bits per heavy atom. The van der Waals surface area contributed by atoms with Crippen LogP contribution in [0.3, 0.4) is 0 Å². The second-order valence-electron chi connectivity index (χ2n) is 5.01. The Kier molecular flexibility index (Phi) is 6.29. The topological polar surface area (TPSA) is 131 Å². The van der Waals surface area contributed by atoms with E-state index in [0.717, 1.165) is 6.92 Å². The van der Waals surface area contributed by atoms with Crippen molar-refractivity contribution in [3.05, 3.63) is 0 Å². The Bertz CT molecular complexity index is 465. The molecule has 0 bridgehead atoms. The van der Waals surface area contributed by atoms with Gasteiger partial charge in [-0.15, -0.1) is 0 Å². The van der Waals surface area contributed by atoms with Crippen LogP contribution in [0, 0.1) is 0 Å². The third-order valence-electron chi connectivity index (χ3n) is 3.15. The van der Waals surface area contributed by atoms with E-state index in [1.165, 1.54) is 13.8 Å². The quantitative estimate of drug-likeness (QED) is 0.521. The molecule has 0 saturated carbocycles. The summed E-state index contributed by atoms with van der Waals surface area (Å²) in [5, 5.41) is 14.3. The van der Waals surface area contributed by atoms with Gasteiger partial charge in [-0.3, -0.25) is 14.4 Å². The first-order chi connectivity index (χ1) is 10.2. The zero-order valence-electron chi connectivity index (χ0n) is 12.6. The maximum absolute atomic E-state index is 12.2. The van der Waals surface area contributed by atoms with Crippen molar-refractivity contribution in [2.75, 3.05) is 6.54 Å². The van der Waals surface area contributed by atoms with Crippen LogP contribution in [0.25, 0.3) is 0 Å². The summed E-state index contributed by atoms with van der Waals surface area (Å²) < 4.78 is 9.81. The van der Waals surface area contributed by atoms with Crippen LogP contribution in [0.1, 0.15) is 27.2 Å². The fourth-order valence-electron chi connectivity index (χ4n) is 2.23. The SMILES string of the molecule is CC(=O)O[C@H](C)[C@H](NC(=O)[C@H]1NCC[C@H]1OC(C)=O)C(=O)O. The van der Waals surface area contributed by atoms with E-state index in [1.807, 2.05) is 0 Å². The summed E-state index contributed by atoms with van der Waals surface area (Å²) in [5.41, 5.74) is 0. The van der Waals surface area contributed by atoms with Crippen molar-refractivity contribution in [3.8, 4) is 0 Å². The largest absolute Gasteiger partial charge is 0.480 e. The first-order valence-corrected chi connectivity index (χ1v) is 6.83. The molecule has 0 aromatic heterocycles. The number of hydrogen-bond acceptors (Lipinski definition) is 7. The summed E-state index contributed by atoms with van der Waals surface area (Å²) in [4.78, 5) is 45.3. The molecule has 1 heterocycles. The minimum atomic E-state index is -1.39. The van der Waals surface area contributed by atoms with E-state index < -0.39 is 48.1 Å². The predicted octanol–water partition coefficient (Wildman–Crippen LogP) is -1.20. The van der Waals surface area contributed by atoms with E-state index >= 15 is 0 Å². The number of hydrogen-bond donors (Lipinski definition) is 3. The average Bonchev–Trinajstić information content (AvgIpc) is 2.81. The second-order valence-corrected chi connectivity index (χ2v) is 5.01. The highest BCUT2D eigenvalue weighted by molar-refractivity contribution is 5.88. The molecule has 1 aliphatic heterocycles. The standard InChI is InChI=1S/C13H20N2O7/c1-6(21-7(2)16)10(13(19)20)15-12(18)11-9(4-5-14-11)22-8(3)17/h6,9-11,14H,4-5H2,1-3H3,(H,15,18)(H,19,20)/t6-,9-,10+,11+/m1/s1. The maximum Gasteiger partial charge on any atom is 0.330 e. The summed E-state index contributed by atoms with van der Waals surface area (Å²) in [5.74, 6) is -3.13. The van der Waals surface area contributed by atoms with E-state index in [0.29, 0.717) is 13.0 Å².